The Morgan fingerprint density at radius 3 is 2.95 bits per heavy atom. The van der Waals surface area contributed by atoms with Gasteiger partial charge in [0.1, 0.15) is 5.76 Å². The van der Waals surface area contributed by atoms with Gasteiger partial charge < -0.3 is 14.1 Å². The molecule has 1 amide bonds. The van der Waals surface area contributed by atoms with Crippen molar-refractivity contribution in [3.05, 3.63) is 23.7 Å². The number of amides is 1. The van der Waals surface area contributed by atoms with E-state index in [0.29, 0.717) is 6.54 Å². The second kappa shape index (κ2) is 6.24. The Morgan fingerprint density at radius 1 is 1.53 bits per heavy atom. The molecular formula is C15H23NO3. The van der Waals surface area contributed by atoms with E-state index in [9.17, 15) is 4.79 Å². The van der Waals surface area contributed by atoms with E-state index in [1.54, 1.807) is 11.2 Å². The number of ether oxygens (including phenoxy) is 1. The summed E-state index contributed by atoms with van der Waals surface area (Å²) in [6.07, 6.45) is 4.56. The van der Waals surface area contributed by atoms with Gasteiger partial charge in [0.25, 0.3) is 0 Å². The van der Waals surface area contributed by atoms with E-state index in [1.807, 2.05) is 20.0 Å². The van der Waals surface area contributed by atoms with Crippen LogP contribution < -0.4 is 0 Å². The summed E-state index contributed by atoms with van der Waals surface area (Å²) in [5.41, 5.74) is 1.07. The van der Waals surface area contributed by atoms with Gasteiger partial charge in [-0.1, -0.05) is 6.92 Å². The summed E-state index contributed by atoms with van der Waals surface area (Å²) in [6, 6.07) is 1.92. The summed E-state index contributed by atoms with van der Waals surface area (Å²) in [5.74, 6) is 1.08. The largest absolute Gasteiger partial charge is 0.469 e. The predicted molar refractivity (Wildman–Crippen MR) is 72.7 cm³/mol. The number of hydrogen-bond acceptors (Lipinski definition) is 3. The van der Waals surface area contributed by atoms with Gasteiger partial charge in [0.15, 0.2) is 0 Å². The molecule has 1 aliphatic rings. The fourth-order valence-electron chi connectivity index (χ4n) is 2.72. The van der Waals surface area contributed by atoms with Crippen molar-refractivity contribution in [1.29, 1.82) is 0 Å². The first-order valence-corrected chi connectivity index (χ1v) is 7.03. The molecule has 4 nitrogen and oxygen atoms in total. The third kappa shape index (κ3) is 3.18. The van der Waals surface area contributed by atoms with Crippen LogP contribution in [-0.4, -0.2) is 30.6 Å². The molecular weight excluding hydrogens is 242 g/mol. The number of furan rings is 1. The first kappa shape index (κ1) is 14.1. The number of carbonyl (C=O) groups is 1. The van der Waals surface area contributed by atoms with Gasteiger partial charge in [-0.3, -0.25) is 4.79 Å². The van der Waals surface area contributed by atoms with Crippen LogP contribution in [0.5, 0.6) is 0 Å². The van der Waals surface area contributed by atoms with E-state index in [4.69, 9.17) is 9.15 Å². The Morgan fingerprint density at radius 2 is 2.32 bits per heavy atom. The lowest BCUT2D eigenvalue weighted by Crippen LogP contribution is -2.41. The molecule has 1 aliphatic heterocycles. The molecule has 0 saturated carbocycles. The smallest absolute Gasteiger partial charge is 0.228 e. The average Bonchev–Trinajstić information content (AvgIpc) is 2.83. The SMILES string of the molecule is CC[C@@H]1OCCC[C@@H]1C(=O)N(C)Cc1ccoc1C. The van der Waals surface area contributed by atoms with Crippen LogP contribution in [0.25, 0.3) is 0 Å². The molecule has 2 heterocycles. The number of nitrogens with zero attached hydrogens (tertiary/aromatic N) is 1. The van der Waals surface area contributed by atoms with Gasteiger partial charge >= 0.3 is 0 Å². The van der Waals surface area contributed by atoms with E-state index < -0.39 is 0 Å². The Balaban J connectivity index is 2.00. The molecule has 19 heavy (non-hydrogen) atoms. The van der Waals surface area contributed by atoms with Gasteiger partial charge in [0, 0.05) is 25.8 Å². The van der Waals surface area contributed by atoms with Crippen LogP contribution >= 0.6 is 0 Å². The van der Waals surface area contributed by atoms with Crippen molar-refractivity contribution in [2.75, 3.05) is 13.7 Å². The second-order valence-corrected chi connectivity index (χ2v) is 5.26. The van der Waals surface area contributed by atoms with E-state index in [2.05, 4.69) is 6.92 Å². The molecule has 1 aromatic rings. The van der Waals surface area contributed by atoms with Crippen LogP contribution in [0.15, 0.2) is 16.7 Å². The summed E-state index contributed by atoms with van der Waals surface area (Å²) in [5, 5.41) is 0. The van der Waals surface area contributed by atoms with E-state index in [-0.39, 0.29) is 17.9 Å². The van der Waals surface area contributed by atoms with Gasteiger partial charge in [0.2, 0.25) is 5.91 Å². The molecule has 1 saturated heterocycles. The fourth-order valence-corrected chi connectivity index (χ4v) is 2.72. The Labute approximate surface area is 114 Å². The maximum absolute atomic E-state index is 12.5. The van der Waals surface area contributed by atoms with Crippen molar-refractivity contribution < 1.29 is 13.9 Å². The Hall–Kier alpha value is -1.29. The maximum Gasteiger partial charge on any atom is 0.228 e. The molecule has 0 bridgehead atoms. The number of hydrogen-bond donors (Lipinski definition) is 0. The molecule has 4 heteroatoms. The summed E-state index contributed by atoms with van der Waals surface area (Å²) in [7, 11) is 1.86. The van der Waals surface area contributed by atoms with Crippen molar-refractivity contribution in [3.63, 3.8) is 0 Å². The van der Waals surface area contributed by atoms with Gasteiger partial charge in [-0.2, -0.15) is 0 Å². The molecule has 0 aromatic carbocycles. The molecule has 1 aromatic heterocycles. The quantitative estimate of drug-likeness (QED) is 0.840. The second-order valence-electron chi connectivity index (χ2n) is 5.26. The number of aryl methyl sites for hydroxylation is 1. The molecule has 106 valence electrons. The van der Waals surface area contributed by atoms with Crippen LogP contribution in [0.3, 0.4) is 0 Å². The first-order chi connectivity index (χ1) is 9.13. The molecule has 1 fully saturated rings. The molecule has 0 unspecified atom stereocenters. The highest BCUT2D eigenvalue weighted by molar-refractivity contribution is 5.79. The maximum atomic E-state index is 12.5. The fraction of sp³-hybridized carbons (Fsp3) is 0.667. The minimum atomic E-state index is 0.0101. The lowest BCUT2D eigenvalue weighted by molar-refractivity contribution is -0.144. The number of carbonyl (C=O) groups excluding carboxylic acids is 1. The van der Waals surface area contributed by atoms with Crippen LogP contribution in [0.1, 0.15) is 37.5 Å². The Kier molecular flexibility index (Phi) is 4.64. The average molecular weight is 265 g/mol. The summed E-state index contributed by atoms with van der Waals surface area (Å²) >= 11 is 0. The van der Waals surface area contributed by atoms with Crippen molar-refractivity contribution in [3.8, 4) is 0 Å². The normalized spacial score (nSPS) is 23.3. The third-order valence-corrected chi connectivity index (χ3v) is 3.91. The topological polar surface area (TPSA) is 42.7 Å². The van der Waals surface area contributed by atoms with Gasteiger partial charge in [-0.15, -0.1) is 0 Å². The summed E-state index contributed by atoms with van der Waals surface area (Å²) < 4.78 is 11.0. The molecule has 0 N–H and O–H groups in total. The van der Waals surface area contributed by atoms with Gasteiger partial charge in [-0.05, 0) is 32.3 Å². The molecule has 0 spiro atoms. The molecule has 2 rings (SSSR count). The first-order valence-electron chi connectivity index (χ1n) is 7.03. The predicted octanol–water partition coefficient (Wildman–Crippen LogP) is 2.75. The Bertz CT molecular complexity index is 427. The molecule has 0 radical (unpaired) electrons. The van der Waals surface area contributed by atoms with Gasteiger partial charge in [0.05, 0.1) is 18.3 Å². The van der Waals surface area contributed by atoms with Crippen molar-refractivity contribution >= 4 is 5.91 Å². The van der Waals surface area contributed by atoms with E-state index in [0.717, 1.165) is 37.2 Å². The highest BCUT2D eigenvalue weighted by Gasteiger charge is 2.32. The molecule has 2 atom stereocenters. The van der Waals surface area contributed by atoms with Crippen LogP contribution in [-0.2, 0) is 16.1 Å². The monoisotopic (exact) mass is 265 g/mol. The highest BCUT2D eigenvalue weighted by Crippen LogP contribution is 2.25. The van der Waals surface area contributed by atoms with Crippen LogP contribution in [0.2, 0.25) is 0 Å². The zero-order valence-corrected chi connectivity index (χ0v) is 12.0. The zero-order chi connectivity index (χ0) is 13.8. The van der Waals surface area contributed by atoms with E-state index >= 15 is 0 Å². The third-order valence-electron chi connectivity index (χ3n) is 3.91. The summed E-state index contributed by atoms with van der Waals surface area (Å²) in [4.78, 5) is 14.3. The van der Waals surface area contributed by atoms with E-state index in [1.165, 1.54) is 0 Å². The lowest BCUT2D eigenvalue weighted by atomic mass is 9.91. The van der Waals surface area contributed by atoms with Crippen LogP contribution in [0.4, 0.5) is 0 Å². The minimum Gasteiger partial charge on any atom is -0.469 e. The zero-order valence-electron chi connectivity index (χ0n) is 12.0. The lowest BCUT2D eigenvalue weighted by Gasteiger charge is -2.32. The number of rotatable bonds is 4. The standard InChI is InChI=1S/C15H23NO3/c1-4-14-13(6-5-8-19-14)15(17)16(3)10-12-7-9-18-11(12)2/h7,9,13-14H,4-6,8,10H2,1-3H3/t13-,14-/m0/s1. The molecule has 0 aliphatic carbocycles. The van der Waals surface area contributed by atoms with Crippen LogP contribution in [0, 0.1) is 12.8 Å². The minimum absolute atomic E-state index is 0.0101. The van der Waals surface area contributed by atoms with Crippen molar-refractivity contribution in [2.24, 2.45) is 5.92 Å². The van der Waals surface area contributed by atoms with Crippen molar-refractivity contribution in [1.82, 2.24) is 4.90 Å². The summed E-state index contributed by atoms with van der Waals surface area (Å²) in [6.45, 7) is 5.39. The highest BCUT2D eigenvalue weighted by atomic mass is 16.5. The van der Waals surface area contributed by atoms with Gasteiger partial charge in [-0.25, -0.2) is 0 Å². The van der Waals surface area contributed by atoms with Crippen molar-refractivity contribution in [2.45, 2.75) is 45.8 Å².